The highest BCUT2D eigenvalue weighted by molar-refractivity contribution is 5.69. The van der Waals surface area contributed by atoms with Gasteiger partial charge in [0, 0.05) is 38.8 Å². The number of nitrogens with zero attached hydrogens (tertiary/aromatic N) is 1. The summed E-state index contributed by atoms with van der Waals surface area (Å²) >= 11 is 0. The highest BCUT2D eigenvalue weighted by atomic mass is 16.5. The van der Waals surface area contributed by atoms with Gasteiger partial charge in [-0.2, -0.15) is 0 Å². The number of carbonyl (C=O) groups is 2. The number of hydrogen-bond donors (Lipinski definition) is 1. The minimum absolute atomic E-state index is 0.0153. The van der Waals surface area contributed by atoms with Crippen LogP contribution in [0.25, 0.3) is 0 Å². The number of carbonyl (C=O) groups excluding carboxylic acids is 2. The third-order valence-electron chi connectivity index (χ3n) is 10.2. The van der Waals surface area contributed by atoms with Crippen LogP contribution in [0.15, 0.2) is 0 Å². The Hall–Kier alpha value is -1.58. The molecule has 0 aliphatic heterocycles. The second kappa shape index (κ2) is 42.2. The van der Waals surface area contributed by atoms with Crippen molar-refractivity contribution in [3.63, 3.8) is 0 Å². The van der Waals surface area contributed by atoms with E-state index in [9.17, 15) is 14.7 Å². The van der Waals surface area contributed by atoms with E-state index in [1.54, 1.807) is 0 Å². The molecule has 0 aromatic carbocycles. The van der Waals surface area contributed by atoms with Gasteiger partial charge in [0.2, 0.25) is 0 Å². The van der Waals surface area contributed by atoms with Gasteiger partial charge in [0.15, 0.2) is 0 Å². The second-order valence-corrected chi connectivity index (χ2v) is 15.3. The second-order valence-electron chi connectivity index (χ2n) is 15.3. The van der Waals surface area contributed by atoms with Crippen molar-refractivity contribution < 1.29 is 24.2 Å². The van der Waals surface area contributed by atoms with E-state index in [1.165, 1.54) is 122 Å². The number of unbranched alkanes of at least 4 members (excludes halogenated alkanes) is 22. The quantitative estimate of drug-likeness (QED) is 0.0384. The lowest BCUT2D eigenvalue weighted by Gasteiger charge is -2.22. The third-order valence-corrected chi connectivity index (χ3v) is 10.2. The van der Waals surface area contributed by atoms with Crippen LogP contribution in [0.3, 0.4) is 0 Å². The van der Waals surface area contributed by atoms with Crippen molar-refractivity contribution >= 4 is 11.9 Å². The molecule has 0 fully saturated rings. The van der Waals surface area contributed by atoms with Crippen molar-refractivity contribution in [2.75, 3.05) is 32.8 Å². The van der Waals surface area contributed by atoms with E-state index < -0.39 is 0 Å². The molecule has 0 aliphatic rings. The van der Waals surface area contributed by atoms with E-state index in [1.807, 2.05) is 0 Å². The van der Waals surface area contributed by atoms with Crippen molar-refractivity contribution in [1.29, 1.82) is 0 Å². The summed E-state index contributed by atoms with van der Waals surface area (Å²) in [5.41, 5.74) is 0. The fourth-order valence-corrected chi connectivity index (χ4v) is 6.82. The summed E-state index contributed by atoms with van der Waals surface area (Å²) in [6, 6.07) is 0. The zero-order valence-electron chi connectivity index (χ0n) is 35.0. The maximum Gasteiger partial charge on any atom is 0.306 e. The highest BCUT2D eigenvalue weighted by Crippen LogP contribution is 2.18. The number of esters is 2. The van der Waals surface area contributed by atoms with E-state index in [-0.39, 0.29) is 24.6 Å². The van der Waals surface area contributed by atoms with E-state index >= 15 is 0 Å². The maximum absolute atomic E-state index is 12.7. The van der Waals surface area contributed by atoms with Crippen LogP contribution in [-0.4, -0.2) is 60.9 Å². The molecule has 0 bridgehead atoms. The Labute approximate surface area is 323 Å². The monoisotopic (exact) mass is 734 g/mol. The van der Waals surface area contributed by atoms with Crippen LogP contribution in [-0.2, 0) is 19.1 Å². The van der Waals surface area contributed by atoms with Gasteiger partial charge in [-0.1, -0.05) is 149 Å². The molecule has 0 heterocycles. The Morgan fingerprint density at radius 2 is 0.923 bits per heavy atom. The van der Waals surface area contributed by atoms with Gasteiger partial charge in [0.25, 0.3) is 0 Å². The van der Waals surface area contributed by atoms with Gasteiger partial charge in [-0.3, -0.25) is 9.59 Å². The first-order valence-electron chi connectivity index (χ1n) is 22.7. The molecule has 6 heteroatoms. The van der Waals surface area contributed by atoms with Crippen LogP contribution >= 0.6 is 0 Å². The van der Waals surface area contributed by atoms with Crippen LogP contribution < -0.4 is 0 Å². The van der Waals surface area contributed by atoms with E-state index in [2.05, 4.69) is 37.5 Å². The number of hydrogen-bond acceptors (Lipinski definition) is 6. The Morgan fingerprint density at radius 1 is 0.500 bits per heavy atom. The average molecular weight is 734 g/mol. The first-order chi connectivity index (χ1) is 25.6. The molecule has 0 aliphatic carbocycles. The summed E-state index contributed by atoms with van der Waals surface area (Å²) in [7, 11) is 0. The Morgan fingerprint density at radius 3 is 1.46 bits per heavy atom. The number of rotatable bonds is 40. The van der Waals surface area contributed by atoms with Crippen molar-refractivity contribution in [2.45, 2.75) is 239 Å². The van der Waals surface area contributed by atoms with Crippen LogP contribution in [0.4, 0.5) is 0 Å². The lowest BCUT2D eigenvalue weighted by Crippen LogP contribution is -2.27. The SMILES string of the molecule is CCCCCCC#CCCOC(=O)CCCCCCCN(CCCO)CCCCCCCC(=O)OC(CCCCCCCC)CCCCCCCC. The topological polar surface area (TPSA) is 76.1 Å². The molecular weight excluding hydrogens is 647 g/mol. The summed E-state index contributed by atoms with van der Waals surface area (Å²) in [5.74, 6) is 6.23. The number of aliphatic hydroxyl groups is 1. The maximum atomic E-state index is 12.7. The molecule has 0 unspecified atom stereocenters. The van der Waals surface area contributed by atoms with Gasteiger partial charge in [0.05, 0.1) is 0 Å². The summed E-state index contributed by atoms with van der Waals surface area (Å²) in [6.45, 7) is 10.5. The normalized spacial score (nSPS) is 11.3. The van der Waals surface area contributed by atoms with Crippen LogP contribution in [0.5, 0.6) is 0 Å². The van der Waals surface area contributed by atoms with Gasteiger partial charge in [0.1, 0.15) is 12.7 Å². The molecule has 52 heavy (non-hydrogen) atoms. The summed E-state index contributed by atoms with van der Waals surface area (Å²) < 4.78 is 11.4. The van der Waals surface area contributed by atoms with Gasteiger partial charge in [-0.05, 0) is 77.3 Å². The molecule has 0 rings (SSSR count). The van der Waals surface area contributed by atoms with Crippen molar-refractivity contribution in [3.8, 4) is 11.8 Å². The van der Waals surface area contributed by atoms with Crippen LogP contribution in [0, 0.1) is 11.8 Å². The summed E-state index contributed by atoms with van der Waals surface area (Å²) in [5, 5.41) is 9.38. The van der Waals surface area contributed by atoms with Crippen molar-refractivity contribution in [2.24, 2.45) is 0 Å². The average Bonchev–Trinajstić information content (AvgIpc) is 3.14. The first-order valence-corrected chi connectivity index (χ1v) is 22.7. The molecule has 1 N–H and O–H groups in total. The van der Waals surface area contributed by atoms with Crippen LogP contribution in [0.1, 0.15) is 233 Å². The van der Waals surface area contributed by atoms with E-state index in [0.717, 1.165) is 90.3 Å². The Balaban J connectivity index is 4.05. The molecule has 0 aromatic rings. The van der Waals surface area contributed by atoms with E-state index in [4.69, 9.17) is 9.47 Å². The third kappa shape index (κ3) is 38.2. The first kappa shape index (κ1) is 50.4. The molecule has 6 nitrogen and oxygen atoms in total. The minimum atomic E-state index is -0.0916. The lowest BCUT2D eigenvalue weighted by molar-refractivity contribution is -0.150. The fourth-order valence-electron chi connectivity index (χ4n) is 6.82. The van der Waals surface area contributed by atoms with Gasteiger partial charge in [-0.25, -0.2) is 0 Å². The molecule has 0 radical (unpaired) electrons. The fraction of sp³-hybridized carbons (Fsp3) is 0.913. The highest BCUT2D eigenvalue weighted by Gasteiger charge is 2.14. The Kier molecular flexibility index (Phi) is 40.9. The summed E-state index contributed by atoms with van der Waals surface area (Å²) in [4.78, 5) is 27.2. The number of aliphatic hydroxyl groups excluding tert-OH is 1. The number of ether oxygens (including phenoxy) is 2. The predicted octanol–water partition coefficient (Wildman–Crippen LogP) is 12.7. The van der Waals surface area contributed by atoms with Crippen LogP contribution in [0.2, 0.25) is 0 Å². The molecule has 0 saturated heterocycles. The smallest absolute Gasteiger partial charge is 0.306 e. The molecule has 0 amide bonds. The zero-order valence-corrected chi connectivity index (χ0v) is 35.0. The molecular formula is C46H87NO5. The molecule has 0 spiro atoms. The molecule has 0 saturated carbocycles. The van der Waals surface area contributed by atoms with Crippen molar-refractivity contribution in [3.05, 3.63) is 0 Å². The molecule has 306 valence electrons. The Bertz CT molecular complexity index is 805. The standard InChI is InChI=1S/C46H87NO5/c1-4-7-10-13-16-17-26-33-43-51-45(49)37-29-22-18-24-31-39-47(41-34-42-48)40-32-25-19-23-30-38-46(50)52-44(35-27-20-14-11-8-5-2)36-28-21-15-12-9-6-3/h44,48H,4-16,18-25,27-43H2,1-3H3. The molecule has 0 atom stereocenters. The van der Waals surface area contributed by atoms with Gasteiger partial charge >= 0.3 is 11.9 Å². The van der Waals surface area contributed by atoms with Crippen molar-refractivity contribution in [1.82, 2.24) is 4.90 Å². The zero-order chi connectivity index (χ0) is 38.0. The summed E-state index contributed by atoms with van der Waals surface area (Å²) in [6.07, 6.45) is 37.0. The minimum Gasteiger partial charge on any atom is -0.465 e. The predicted molar refractivity (Wildman–Crippen MR) is 222 cm³/mol. The lowest BCUT2D eigenvalue weighted by atomic mass is 10.0. The van der Waals surface area contributed by atoms with Gasteiger partial charge in [-0.15, -0.1) is 5.92 Å². The van der Waals surface area contributed by atoms with Gasteiger partial charge < -0.3 is 19.5 Å². The molecule has 0 aromatic heterocycles. The largest absolute Gasteiger partial charge is 0.465 e. The van der Waals surface area contributed by atoms with E-state index in [0.29, 0.717) is 25.9 Å².